The van der Waals surface area contributed by atoms with Crippen molar-refractivity contribution in [1.29, 1.82) is 0 Å². The maximum absolute atomic E-state index is 11.9. The number of ether oxygens (including phenoxy) is 3. The number of hydrogen-bond acceptors (Lipinski definition) is 5. The summed E-state index contributed by atoms with van der Waals surface area (Å²) in [4.78, 5) is 12.9. The number of esters is 1. The molecule has 1 aromatic carbocycles. The molecular formula is C14H18O4S. The standard InChI is InChI=1S/C14H18O4S/c1-14(17-8-9-18-14)10-12(13(15)16-2)19-11-6-4-3-5-7-11/h3-7,12H,8-10H2,1-2H3. The fourth-order valence-electron chi connectivity index (χ4n) is 1.98. The Labute approximate surface area is 117 Å². The Balaban J connectivity index is 2.06. The molecule has 19 heavy (non-hydrogen) atoms. The lowest BCUT2D eigenvalue weighted by atomic mass is 10.1. The molecule has 5 heteroatoms. The molecule has 1 aliphatic rings. The van der Waals surface area contributed by atoms with E-state index in [2.05, 4.69) is 0 Å². The van der Waals surface area contributed by atoms with Gasteiger partial charge in [0, 0.05) is 11.3 Å². The number of thioether (sulfide) groups is 1. The topological polar surface area (TPSA) is 44.8 Å². The molecule has 1 heterocycles. The van der Waals surface area contributed by atoms with E-state index in [9.17, 15) is 4.79 Å². The van der Waals surface area contributed by atoms with E-state index in [1.807, 2.05) is 37.3 Å². The van der Waals surface area contributed by atoms with Crippen LogP contribution in [0.3, 0.4) is 0 Å². The lowest BCUT2D eigenvalue weighted by Crippen LogP contribution is -2.34. The maximum atomic E-state index is 11.9. The Kier molecular flexibility index (Phi) is 4.85. The Morgan fingerprint density at radius 2 is 2.00 bits per heavy atom. The predicted molar refractivity (Wildman–Crippen MR) is 73.0 cm³/mol. The summed E-state index contributed by atoms with van der Waals surface area (Å²) in [5.74, 6) is -0.949. The van der Waals surface area contributed by atoms with Crippen molar-refractivity contribution in [3.05, 3.63) is 30.3 Å². The Morgan fingerprint density at radius 1 is 1.37 bits per heavy atom. The van der Waals surface area contributed by atoms with Crippen molar-refractivity contribution in [2.24, 2.45) is 0 Å². The Hall–Kier alpha value is -1.04. The zero-order valence-electron chi connectivity index (χ0n) is 11.1. The van der Waals surface area contributed by atoms with Crippen LogP contribution in [0.4, 0.5) is 0 Å². The van der Waals surface area contributed by atoms with Crippen LogP contribution in [-0.2, 0) is 19.0 Å². The van der Waals surface area contributed by atoms with Crippen LogP contribution >= 0.6 is 11.8 Å². The summed E-state index contributed by atoms with van der Waals surface area (Å²) >= 11 is 1.47. The molecule has 0 spiro atoms. The van der Waals surface area contributed by atoms with Crippen molar-refractivity contribution >= 4 is 17.7 Å². The van der Waals surface area contributed by atoms with Crippen LogP contribution in [0.2, 0.25) is 0 Å². The van der Waals surface area contributed by atoms with Crippen molar-refractivity contribution < 1.29 is 19.0 Å². The summed E-state index contributed by atoms with van der Waals surface area (Å²) in [5.41, 5.74) is 0. The van der Waals surface area contributed by atoms with Gasteiger partial charge in [-0.2, -0.15) is 0 Å². The van der Waals surface area contributed by atoms with Gasteiger partial charge in [-0.1, -0.05) is 18.2 Å². The molecule has 1 unspecified atom stereocenters. The van der Waals surface area contributed by atoms with Gasteiger partial charge in [-0.25, -0.2) is 0 Å². The monoisotopic (exact) mass is 282 g/mol. The summed E-state index contributed by atoms with van der Waals surface area (Å²) in [6.45, 7) is 3.00. The number of rotatable bonds is 5. The Bertz CT molecular complexity index is 415. The molecular weight excluding hydrogens is 264 g/mol. The first kappa shape index (κ1) is 14.4. The molecule has 0 saturated carbocycles. The van der Waals surface area contributed by atoms with E-state index in [0.717, 1.165) is 4.90 Å². The fraction of sp³-hybridized carbons (Fsp3) is 0.500. The highest BCUT2D eigenvalue weighted by molar-refractivity contribution is 8.00. The number of carbonyl (C=O) groups excluding carboxylic acids is 1. The van der Waals surface area contributed by atoms with E-state index in [1.54, 1.807) is 0 Å². The van der Waals surface area contributed by atoms with Crippen molar-refractivity contribution in [2.75, 3.05) is 20.3 Å². The van der Waals surface area contributed by atoms with Gasteiger partial charge < -0.3 is 14.2 Å². The smallest absolute Gasteiger partial charge is 0.319 e. The summed E-state index contributed by atoms with van der Waals surface area (Å²) in [5, 5.41) is -0.338. The highest BCUT2D eigenvalue weighted by Gasteiger charge is 2.37. The van der Waals surface area contributed by atoms with Crippen LogP contribution in [0.15, 0.2) is 35.2 Å². The van der Waals surface area contributed by atoms with Crippen LogP contribution in [0.5, 0.6) is 0 Å². The largest absolute Gasteiger partial charge is 0.468 e. The highest BCUT2D eigenvalue weighted by atomic mass is 32.2. The first-order valence-corrected chi connectivity index (χ1v) is 7.08. The minimum Gasteiger partial charge on any atom is -0.468 e. The quantitative estimate of drug-likeness (QED) is 0.613. The molecule has 0 aromatic heterocycles. The van der Waals surface area contributed by atoms with Gasteiger partial charge in [0.1, 0.15) is 5.25 Å². The van der Waals surface area contributed by atoms with Crippen LogP contribution < -0.4 is 0 Å². The van der Waals surface area contributed by atoms with Crippen molar-refractivity contribution in [3.63, 3.8) is 0 Å². The molecule has 104 valence electrons. The second-order valence-corrected chi connectivity index (χ2v) is 5.75. The minimum atomic E-state index is -0.694. The van der Waals surface area contributed by atoms with Gasteiger partial charge in [0.2, 0.25) is 0 Å². The molecule has 0 bridgehead atoms. The minimum absolute atomic E-state index is 0.255. The van der Waals surface area contributed by atoms with Gasteiger partial charge in [-0.15, -0.1) is 11.8 Å². The first-order chi connectivity index (χ1) is 9.13. The van der Waals surface area contributed by atoms with E-state index in [4.69, 9.17) is 14.2 Å². The normalized spacial score (nSPS) is 19.1. The SMILES string of the molecule is COC(=O)C(CC1(C)OCCO1)Sc1ccccc1. The van der Waals surface area contributed by atoms with Crippen LogP contribution in [-0.4, -0.2) is 37.3 Å². The van der Waals surface area contributed by atoms with Crippen LogP contribution in [0.25, 0.3) is 0 Å². The lowest BCUT2D eigenvalue weighted by molar-refractivity contribution is -0.158. The third-order valence-electron chi connectivity index (χ3n) is 2.94. The number of carbonyl (C=O) groups is 1. The Morgan fingerprint density at radius 3 is 2.58 bits per heavy atom. The third kappa shape index (κ3) is 3.96. The van der Waals surface area contributed by atoms with E-state index >= 15 is 0 Å². The zero-order chi connectivity index (χ0) is 13.7. The molecule has 0 amide bonds. The zero-order valence-corrected chi connectivity index (χ0v) is 11.9. The molecule has 2 rings (SSSR count). The average Bonchev–Trinajstić information content (AvgIpc) is 2.85. The molecule has 0 radical (unpaired) electrons. The summed E-state index contributed by atoms with van der Waals surface area (Å²) < 4.78 is 16.0. The maximum Gasteiger partial charge on any atom is 0.319 e. The second kappa shape index (κ2) is 6.41. The van der Waals surface area contributed by atoms with Crippen molar-refractivity contribution in [1.82, 2.24) is 0 Å². The summed E-state index contributed by atoms with van der Waals surface area (Å²) in [6, 6.07) is 9.78. The lowest BCUT2D eigenvalue weighted by Gasteiger charge is -2.26. The molecule has 1 aliphatic heterocycles. The van der Waals surface area contributed by atoms with Gasteiger partial charge in [-0.3, -0.25) is 4.79 Å². The molecule has 4 nitrogen and oxygen atoms in total. The van der Waals surface area contributed by atoms with Gasteiger partial charge in [0.05, 0.1) is 20.3 Å². The van der Waals surface area contributed by atoms with Crippen molar-refractivity contribution in [3.8, 4) is 0 Å². The second-order valence-electron chi connectivity index (χ2n) is 4.48. The van der Waals surface area contributed by atoms with Crippen LogP contribution in [0.1, 0.15) is 13.3 Å². The van der Waals surface area contributed by atoms with E-state index < -0.39 is 5.79 Å². The highest BCUT2D eigenvalue weighted by Crippen LogP contribution is 2.33. The molecule has 0 N–H and O–H groups in total. The molecule has 0 aliphatic carbocycles. The molecule has 1 saturated heterocycles. The predicted octanol–water partition coefficient (Wildman–Crippen LogP) is 2.47. The average molecular weight is 282 g/mol. The molecule has 1 aromatic rings. The van der Waals surface area contributed by atoms with E-state index in [0.29, 0.717) is 19.6 Å². The molecule has 1 fully saturated rings. The molecule has 1 atom stereocenters. The van der Waals surface area contributed by atoms with Gasteiger partial charge in [0.15, 0.2) is 5.79 Å². The number of hydrogen-bond donors (Lipinski definition) is 0. The van der Waals surface area contributed by atoms with E-state index in [-0.39, 0.29) is 11.2 Å². The summed E-state index contributed by atoms with van der Waals surface area (Å²) in [6.07, 6.45) is 0.471. The van der Waals surface area contributed by atoms with Gasteiger partial charge in [0.25, 0.3) is 0 Å². The summed E-state index contributed by atoms with van der Waals surface area (Å²) in [7, 11) is 1.40. The first-order valence-electron chi connectivity index (χ1n) is 6.20. The van der Waals surface area contributed by atoms with Gasteiger partial charge in [-0.05, 0) is 19.1 Å². The van der Waals surface area contributed by atoms with Crippen LogP contribution in [0, 0.1) is 0 Å². The van der Waals surface area contributed by atoms with Gasteiger partial charge >= 0.3 is 5.97 Å². The van der Waals surface area contributed by atoms with E-state index in [1.165, 1.54) is 18.9 Å². The van der Waals surface area contributed by atoms with Crippen molar-refractivity contribution in [2.45, 2.75) is 29.3 Å². The number of benzene rings is 1. The third-order valence-corrected chi connectivity index (χ3v) is 4.13. The fourth-order valence-corrected chi connectivity index (χ4v) is 3.20. The number of methoxy groups -OCH3 is 1.